The lowest BCUT2D eigenvalue weighted by Gasteiger charge is -2.18. The molecular formula is C13H12F4N2O3. The van der Waals surface area contributed by atoms with Crippen LogP contribution in [-0.4, -0.2) is 17.9 Å². The van der Waals surface area contributed by atoms with Gasteiger partial charge >= 0.3 is 12.1 Å². The van der Waals surface area contributed by atoms with E-state index in [-0.39, 0.29) is 0 Å². The first-order chi connectivity index (χ1) is 10.1. The summed E-state index contributed by atoms with van der Waals surface area (Å²) in [5, 5.41) is 4.17. The number of hydrogen-bond donors (Lipinski definition) is 1. The molecule has 1 aromatic carbocycles. The van der Waals surface area contributed by atoms with Gasteiger partial charge in [-0.05, 0) is 24.1 Å². The van der Waals surface area contributed by atoms with Gasteiger partial charge in [0.15, 0.2) is 0 Å². The minimum atomic E-state index is -4.75. The lowest BCUT2D eigenvalue weighted by molar-refractivity contribution is -0.137. The maximum atomic E-state index is 13.5. The third kappa shape index (κ3) is 4.09. The van der Waals surface area contributed by atoms with Crippen LogP contribution >= 0.6 is 0 Å². The molecule has 0 spiro atoms. The summed E-state index contributed by atoms with van der Waals surface area (Å²) in [7, 11) is 0. The highest BCUT2D eigenvalue weighted by atomic mass is 19.4. The summed E-state index contributed by atoms with van der Waals surface area (Å²) >= 11 is 0. The van der Waals surface area contributed by atoms with Crippen LogP contribution in [0.25, 0.3) is 0 Å². The lowest BCUT2D eigenvalue weighted by Crippen LogP contribution is -2.44. The summed E-state index contributed by atoms with van der Waals surface area (Å²) < 4.78 is 51.3. The van der Waals surface area contributed by atoms with Crippen LogP contribution < -0.4 is 5.32 Å². The molecule has 0 fully saturated rings. The van der Waals surface area contributed by atoms with E-state index in [1.165, 1.54) is 13.8 Å². The van der Waals surface area contributed by atoms with Crippen LogP contribution in [0.5, 0.6) is 0 Å². The van der Waals surface area contributed by atoms with Gasteiger partial charge in [0.2, 0.25) is 0 Å². The van der Waals surface area contributed by atoms with Crippen LogP contribution in [0, 0.1) is 16.6 Å². The Hall–Kier alpha value is -2.32. The molecule has 22 heavy (non-hydrogen) atoms. The summed E-state index contributed by atoms with van der Waals surface area (Å²) in [6.45, 7) is 2.97. The number of carbonyl (C=O) groups is 2. The van der Waals surface area contributed by atoms with Gasteiger partial charge in [0.1, 0.15) is 11.9 Å². The predicted octanol–water partition coefficient (Wildman–Crippen LogP) is 2.89. The van der Waals surface area contributed by atoms with Crippen LogP contribution in [0.4, 0.5) is 17.6 Å². The van der Waals surface area contributed by atoms with Gasteiger partial charge in [-0.2, -0.15) is 13.2 Å². The van der Waals surface area contributed by atoms with E-state index >= 15 is 0 Å². The highest BCUT2D eigenvalue weighted by molar-refractivity contribution is 5.98. The van der Waals surface area contributed by atoms with Crippen molar-refractivity contribution in [1.29, 1.82) is 0 Å². The number of nitrogens with one attached hydrogen (secondary N) is 1. The lowest BCUT2D eigenvalue weighted by atomic mass is 10.0. The molecule has 1 N–H and O–H groups in total. The molecule has 120 valence electrons. The number of hydrogen-bond acceptors (Lipinski definition) is 3. The van der Waals surface area contributed by atoms with Gasteiger partial charge in [-0.15, -0.1) is 4.91 Å². The summed E-state index contributed by atoms with van der Waals surface area (Å²) in [6.07, 6.45) is -4.75. The Morgan fingerprint density at radius 3 is 2.27 bits per heavy atom. The van der Waals surface area contributed by atoms with E-state index in [2.05, 4.69) is 5.18 Å². The molecule has 0 unspecified atom stereocenters. The number of nitroso groups, excluding NO2 is 1. The second kappa shape index (κ2) is 6.63. The molecule has 5 nitrogen and oxygen atoms in total. The van der Waals surface area contributed by atoms with Gasteiger partial charge < -0.3 is 5.32 Å². The monoisotopic (exact) mass is 320 g/mol. The predicted molar refractivity (Wildman–Crippen MR) is 68.3 cm³/mol. The second-order valence-electron chi connectivity index (χ2n) is 4.82. The zero-order valence-electron chi connectivity index (χ0n) is 11.6. The van der Waals surface area contributed by atoms with E-state index in [0.717, 1.165) is 0 Å². The Kier molecular flexibility index (Phi) is 5.34. The number of benzene rings is 1. The number of alkyl halides is 3. The number of carbonyl (C=O) groups excluding carboxylic acids is 2. The fourth-order valence-corrected chi connectivity index (χ4v) is 1.66. The summed E-state index contributed by atoms with van der Waals surface area (Å²) in [6, 6.07) is -0.0219. The smallest absolute Gasteiger partial charge is 0.340 e. The van der Waals surface area contributed by atoms with Crippen LogP contribution in [-0.2, 0) is 11.0 Å². The molecule has 9 heteroatoms. The average molecular weight is 320 g/mol. The zero-order chi connectivity index (χ0) is 17.1. The Balaban J connectivity index is 3.12. The average Bonchev–Trinajstić information content (AvgIpc) is 2.42. The van der Waals surface area contributed by atoms with E-state index in [0.29, 0.717) is 18.2 Å². The molecule has 1 rings (SSSR count). The number of halogens is 4. The van der Waals surface area contributed by atoms with E-state index in [4.69, 9.17) is 0 Å². The molecule has 0 aromatic heterocycles. The summed E-state index contributed by atoms with van der Waals surface area (Å²) in [5.74, 6) is -4.17. The van der Waals surface area contributed by atoms with E-state index in [1.807, 2.05) is 5.32 Å². The highest BCUT2D eigenvalue weighted by Gasteiger charge is 2.33. The fourth-order valence-electron chi connectivity index (χ4n) is 1.66. The van der Waals surface area contributed by atoms with Gasteiger partial charge in [-0.3, -0.25) is 9.59 Å². The molecule has 0 aliphatic carbocycles. The van der Waals surface area contributed by atoms with Crippen LogP contribution in [0.15, 0.2) is 23.4 Å². The number of rotatable bonds is 4. The number of nitrogens with zero attached hydrogens (tertiary/aromatic N) is 1. The summed E-state index contributed by atoms with van der Waals surface area (Å²) in [4.78, 5) is 33.4. The first-order valence-electron chi connectivity index (χ1n) is 6.12. The van der Waals surface area contributed by atoms with Crippen molar-refractivity contribution in [3.8, 4) is 0 Å². The van der Waals surface area contributed by atoms with Gasteiger partial charge in [0.05, 0.1) is 11.1 Å². The van der Waals surface area contributed by atoms with E-state index in [1.54, 1.807) is 0 Å². The van der Waals surface area contributed by atoms with Crippen LogP contribution in [0.1, 0.15) is 29.8 Å². The molecular weight excluding hydrogens is 308 g/mol. The topological polar surface area (TPSA) is 75.6 Å². The van der Waals surface area contributed by atoms with Crippen molar-refractivity contribution in [3.63, 3.8) is 0 Å². The van der Waals surface area contributed by atoms with Gasteiger partial charge in [-0.1, -0.05) is 13.8 Å². The molecule has 1 atom stereocenters. The zero-order valence-corrected chi connectivity index (χ0v) is 11.6. The summed E-state index contributed by atoms with van der Waals surface area (Å²) in [5.41, 5.74) is -2.08. The van der Waals surface area contributed by atoms with Crippen LogP contribution in [0.3, 0.4) is 0 Å². The quantitative estimate of drug-likeness (QED) is 0.684. The van der Waals surface area contributed by atoms with Gasteiger partial charge in [-0.25, -0.2) is 4.39 Å². The third-order valence-electron chi connectivity index (χ3n) is 2.85. The molecule has 0 radical (unpaired) electrons. The van der Waals surface area contributed by atoms with Crippen molar-refractivity contribution in [2.75, 3.05) is 0 Å². The Morgan fingerprint density at radius 2 is 1.82 bits per heavy atom. The molecule has 2 amide bonds. The van der Waals surface area contributed by atoms with Crippen molar-refractivity contribution < 1.29 is 27.2 Å². The van der Waals surface area contributed by atoms with Crippen molar-refractivity contribution in [1.82, 2.24) is 5.32 Å². The molecule has 0 aliphatic heterocycles. The van der Waals surface area contributed by atoms with Crippen molar-refractivity contribution >= 4 is 11.8 Å². The second-order valence-corrected chi connectivity index (χ2v) is 4.82. The van der Waals surface area contributed by atoms with E-state index in [9.17, 15) is 32.1 Å². The van der Waals surface area contributed by atoms with Gasteiger partial charge in [0, 0.05) is 5.18 Å². The normalized spacial score (nSPS) is 12.9. The molecule has 0 aliphatic rings. The van der Waals surface area contributed by atoms with Crippen molar-refractivity contribution in [2.24, 2.45) is 11.1 Å². The largest absolute Gasteiger partial charge is 0.416 e. The highest BCUT2D eigenvalue weighted by Crippen LogP contribution is 2.30. The SMILES string of the molecule is CC(C)[C@@H](NC(=O)c1cc(C(F)(F)F)ccc1F)C(=O)N=O. The van der Waals surface area contributed by atoms with Crippen molar-refractivity contribution in [3.05, 3.63) is 40.1 Å². The Labute approximate surface area is 122 Å². The molecule has 0 heterocycles. The maximum absolute atomic E-state index is 13.5. The minimum absolute atomic E-state index is 0.334. The number of amides is 2. The molecule has 0 saturated carbocycles. The Bertz CT molecular complexity index is 599. The van der Waals surface area contributed by atoms with Gasteiger partial charge in [0.25, 0.3) is 5.91 Å². The first-order valence-corrected chi connectivity index (χ1v) is 6.12. The molecule has 0 bridgehead atoms. The standard InChI is InChI=1S/C13H12F4N2O3/c1-6(2)10(12(21)19-22)18-11(20)8-5-7(13(15,16)17)3-4-9(8)14/h3-6,10H,1-2H3,(H,18,20)/t10-/m1/s1. The van der Waals surface area contributed by atoms with E-state index < -0.39 is 46.9 Å². The maximum Gasteiger partial charge on any atom is 0.416 e. The third-order valence-corrected chi connectivity index (χ3v) is 2.85. The molecule has 1 aromatic rings. The Morgan fingerprint density at radius 1 is 1.23 bits per heavy atom. The molecule has 0 saturated heterocycles. The fraction of sp³-hybridized carbons (Fsp3) is 0.385. The van der Waals surface area contributed by atoms with Crippen LogP contribution in [0.2, 0.25) is 0 Å². The first kappa shape index (κ1) is 17.7. The minimum Gasteiger partial charge on any atom is -0.340 e. The van der Waals surface area contributed by atoms with Crippen molar-refractivity contribution in [2.45, 2.75) is 26.1 Å².